The average Bonchev–Trinajstić information content (AvgIpc) is 2.48. The third-order valence-electron chi connectivity index (χ3n) is 2.39. The minimum Gasteiger partial charge on any atom is -0.349 e. The number of aryl methyl sites for hydroxylation is 2. The topological polar surface area (TPSA) is 46.9 Å². The second-order valence-corrected chi connectivity index (χ2v) is 3.58. The van der Waals surface area contributed by atoms with Gasteiger partial charge in [-0.3, -0.25) is 9.48 Å². The van der Waals surface area contributed by atoms with Gasteiger partial charge in [-0.1, -0.05) is 6.08 Å². The predicted octanol–water partition coefficient (Wildman–Crippen LogP) is 1.35. The summed E-state index contributed by atoms with van der Waals surface area (Å²) in [6, 6.07) is 0. The molecule has 0 aromatic carbocycles. The number of aromatic nitrogens is 2. The van der Waals surface area contributed by atoms with Crippen molar-refractivity contribution in [1.82, 2.24) is 15.1 Å². The number of amides is 1. The van der Waals surface area contributed by atoms with E-state index in [9.17, 15) is 4.79 Å². The van der Waals surface area contributed by atoms with E-state index < -0.39 is 0 Å². The van der Waals surface area contributed by atoms with Gasteiger partial charge in [0.25, 0.3) is 0 Å². The molecule has 0 saturated carbocycles. The monoisotopic (exact) mass is 219 g/mol. The van der Waals surface area contributed by atoms with Crippen LogP contribution in [0.1, 0.15) is 17.0 Å². The van der Waals surface area contributed by atoms with Crippen molar-refractivity contribution in [3.05, 3.63) is 35.7 Å². The van der Waals surface area contributed by atoms with Crippen molar-refractivity contribution < 1.29 is 4.79 Å². The molecule has 1 heterocycles. The van der Waals surface area contributed by atoms with E-state index in [4.69, 9.17) is 0 Å². The van der Waals surface area contributed by atoms with Crippen molar-refractivity contribution in [2.24, 2.45) is 7.05 Å². The van der Waals surface area contributed by atoms with Crippen LogP contribution in [0.5, 0.6) is 0 Å². The van der Waals surface area contributed by atoms with Gasteiger partial charge in [0.05, 0.1) is 5.69 Å². The van der Waals surface area contributed by atoms with E-state index in [0.717, 1.165) is 17.0 Å². The molecule has 1 N–H and O–H groups in total. The summed E-state index contributed by atoms with van der Waals surface area (Å²) in [6.45, 7) is 7.91. The van der Waals surface area contributed by atoms with Crippen LogP contribution < -0.4 is 5.32 Å². The van der Waals surface area contributed by atoms with E-state index in [0.29, 0.717) is 6.54 Å². The first-order valence-corrected chi connectivity index (χ1v) is 5.13. The van der Waals surface area contributed by atoms with E-state index in [1.54, 1.807) is 16.8 Å². The Balaban J connectivity index is 2.76. The van der Waals surface area contributed by atoms with E-state index in [1.165, 1.54) is 6.08 Å². The first-order valence-electron chi connectivity index (χ1n) is 5.13. The highest BCUT2D eigenvalue weighted by molar-refractivity contribution is 5.92. The zero-order chi connectivity index (χ0) is 12.1. The molecule has 0 bridgehead atoms. The SMILES string of the molecule is C=CCNC(=O)/C=C\c1c(C)nn(C)c1C. The lowest BCUT2D eigenvalue weighted by molar-refractivity contribution is -0.116. The Hall–Kier alpha value is -1.84. The van der Waals surface area contributed by atoms with Crippen LogP contribution in [0.25, 0.3) is 6.08 Å². The Labute approximate surface area is 95.7 Å². The summed E-state index contributed by atoms with van der Waals surface area (Å²) in [7, 11) is 1.89. The number of rotatable bonds is 4. The standard InChI is InChI=1S/C12H17N3O/c1-5-8-13-12(16)7-6-11-9(2)14-15(4)10(11)3/h5-7H,1,8H2,2-4H3,(H,13,16)/b7-6-. The Bertz CT molecular complexity index is 430. The summed E-state index contributed by atoms with van der Waals surface area (Å²) in [5.74, 6) is -0.123. The fourth-order valence-corrected chi connectivity index (χ4v) is 1.42. The van der Waals surface area contributed by atoms with Crippen molar-refractivity contribution in [2.45, 2.75) is 13.8 Å². The molecular weight excluding hydrogens is 202 g/mol. The maximum absolute atomic E-state index is 11.3. The summed E-state index contributed by atoms with van der Waals surface area (Å²) < 4.78 is 1.80. The van der Waals surface area contributed by atoms with Gasteiger partial charge in [-0.05, 0) is 19.9 Å². The van der Waals surface area contributed by atoms with Gasteiger partial charge in [-0.15, -0.1) is 6.58 Å². The van der Waals surface area contributed by atoms with Gasteiger partial charge in [0.1, 0.15) is 0 Å². The second kappa shape index (κ2) is 5.30. The maximum Gasteiger partial charge on any atom is 0.244 e. The van der Waals surface area contributed by atoms with Crippen LogP contribution in [0.4, 0.5) is 0 Å². The smallest absolute Gasteiger partial charge is 0.244 e. The molecule has 4 nitrogen and oxygen atoms in total. The minimum atomic E-state index is -0.123. The van der Waals surface area contributed by atoms with E-state index in [1.807, 2.05) is 20.9 Å². The first-order chi connectivity index (χ1) is 7.56. The van der Waals surface area contributed by atoms with Crippen LogP contribution in [0.15, 0.2) is 18.7 Å². The van der Waals surface area contributed by atoms with Crippen molar-refractivity contribution in [1.29, 1.82) is 0 Å². The van der Waals surface area contributed by atoms with Crippen LogP contribution in [0.3, 0.4) is 0 Å². The van der Waals surface area contributed by atoms with Crippen molar-refractivity contribution in [3.8, 4) is 0 Å². The highest BCUT2D eigenvalue weighted by atomic mass is 16.1. The zero-order valence-corrected chi connectivity index (χ0v) is 9.95. The summed E-state index contributed by atoms with van der Waals surface area (Å²) in [4.78, 5) is 11.3. The Kier molecular flexibility index (Phi) is 4.05. The molecule has 0 fully saturated rings. The molecule has 1 aromatic heterocycles. The average molecular weight is 219 g/mol. The number of nitrogens with zero attached hydrogens (tertiary/aromatic N) is 2. The lowest BCUT2D eigenvalue weighted by Gasteiger charge is -1.96. The lowest BCUT2D eigenvalue weighted by Crippen LogP contribution is -2.20. The second-order valence-electron chi connectivity index (χ2n) is 3.58. The molecule has 0 aliphatic carbocycles. The van der Waals surface area contributed by atoms with E-state index >= 15 is 0 Å². The molecule has 1 rings (SSSR count). The molecule has 0 spiro atoms. The predicted molar refractivity (Wildman–Crippen MR) is 64.9 cm³/mol. The summed E-state index contributed by atoms with van der Waals surface area (Å²) in [5.41, 5.74) is 2.97. The third kappa shape index (κ3) is 2.82. The highest BCUT2D eigenvalue weighted by Gasteiger charge is 2.05. The van der Waals surface area contributed by atoms with Gasteiger partial charge < -0.3 is 5.32 Å². The zero-order valence-electron chi connectivity index (χ0n) is 9.95. The lowest BCUT2D eigenvalue weighted by atomic mass is 10.2. The van der Waals surface area contributed by atoms with Crippen LogP contribution in [0.2, 0.25) is 0 Å². The van der Waals surface area contributed by atoms with Gasteiger partial charge in [0.15, 0.2) is 0 Å². The molecule has 0 radical (unpaired) electrons. The quantitative estimate of drug-likeness (QED) is 0.614. The molecule has 4 heteroatoms. The maximum atomic E-state index is 11.3. The highest BCUT2D eigenvalue weighted by Crippen LogP contribution is 2.13. The number of carbonyl (C=O) groups is 1. The Morgan fingerprint density at radius 2 is 2.25 bits per heavy atom. The molecular formula is C12H17N3O. The van der Waals surface area contributed by atoms with Crippen LogP contribution in [-0.4, -0.2) is 22.2 Å². The molecule has 0 unspecified atom stereocenters. The molecule has 1 amide bonds. The summed E-state index contributed by atoms with van der Waals surface area (Å²) in [5, 5.41) is 6.95. The van der Waals surface area contributed by atoms with Crippen LogP contribution >= 0.6 is 0 Å². The molecule has 16 heavy (non-hydrogen) atoms. The van der Waals surface area contributed by atoms with Crippen molar-refractivity contribution in [3.63, 3.8) is 0 Å². The van der Waals surface area contributed by atoms with Crippen molar-refractivity contribution in [2.75, 3.05) is 6.54 Å². The van der Waals surface area contributed by atoms with Crippen molar-refractivity contribution >= 4 is 12.0 Å². The summed E-state index contributed by atoms with van der Waals surface area (Å²) in [6.07, 6.45) is 4.95. The Morgan fingerprint density at radius 3 is 2.75 bits per heavy atom. The molecule has 86 valence electrons. The third-order valence-corrected chi connectivity index (χ3v) is 2.39. The van der Waals surface area contributed by atoms with E-state index in [2.05, 4.69) is 17.0 Å². The number of hydrogen-bond acceptors (Lipinski definition) is 2. The van der Waals surface area contributed by atoms with Gasteiger partial charge in [0.2, 0.25) is 5.91 Å². The Morgan fingerprint density at radius 1 is 1.56 bits per heavy atom. The van der Waals surface area contributed by atoms with Crippen LogP contribution in [-0.2, 0) is 11.8 Å². The number of nitrogens with one attached hydrogen (secondary N) is 1. The van der Waals surface area contributed by atoms with E-state index in [-0.39, 0.29) is 5.91 Å². The molecule has 1 aromatic rings. The molecule has 0 saturated heterocycles. The fourth-order valence-electron chi connectivity index (χ4n) is 1.42. The largest absolute Gasteiger partial charge is 0.349 e. The minimum absolute atomic E-state index is 0.123. The van der Waals surface area contributed by atoms with Gasteiger partial charge in [0, 0.05) is 30.9 Å². The van der Waals surface area contributed by atoms with Gasteiger partial charge >= 0.3 is 0 Å². The molecule has 0 aliphatic heterocycles. The summed E-state index contributed by atoms with van der Waals surface area (Å²) >= 11 is 0. The van der Waals surface area contributed by atoms with Crippen LogP contribution in [0, 0.1) is 13.8 Å². The molecule has 0 atom stereocenters. The molecule has 0 aliphatic rings. The fraction of sp³-hybridized carbons (Fsp3) is 0.333. The van der Waals surface area contributed by atoms with Gasteiger partial charge in [-0.25, -0.2) is 0 Å². The van der Waals surface area contributed by atoms with Gasteiger partial charge in [-0.2, -0.15) is 5.10 Å². The first kappa shape index (κ1) is 12.2. The number of carbonyl (C=O) groups excluding carboxylic acids is 1. The number of hydrogen-bond donors (Lipinski definition) is 1. The normalized spacial score (nSPS) is 10.7.